The molecule has 1 aliphatic heterocycles. The van der Waals surface area contributed by atoms with Gasteiger partial charge in [0.05, 0.1) is 18.8 Å². The summed E-state index contributed by atoms with van der Waals surface area (Å²) < 4.78 is 52.2. The summed E-state index contributed by atoms with van der Waals surface area (Å²) in [5, 5.41) is 2.82. The van der Waals surface area contributed by atoms with Crippen molar-refractivity contribution in [2.45, 2.75) is 26.3 Å². The highest BCUT2D eigenvalue weighted by atomic mass is 19.4. The van der Waals surface area contributed by atoms with Gasteiger partial charge in [-0.3, -0.25) is 4.79 Å². The summed E-state index contributed by atoms with van der Waals surface area (Å²) in [4.78, 5) is 12.5. The van der Waals surface area contributed by atoms with Crippen LogP contribution in [0.2, 0.25) is 0 Å². The summed E-state index contributed by atoms with van der Waals surface area (Å²) in [7, 11) is 0. The molecule has 0 saturated carbocycles. The number of carbonyl (C=O) groups is 1. The third-order valence-electron chi connectivity index (χ3n) is 4.31. The van der Waals surface area contributed by atoms with Gasteiger partial charge in [-0.25, -0.2) is 0 Å². The van der Waals surface area contributed by atoms with Crippen molar-refractivity contribution in [3.05, 3.63) is 64.7 Å². The largest absolute Gasteiger partial charge is 0.490 e. The summed E-state index contributed by atoms with van der Waals surface area (Å²) >= 11 is 0. The minimum atomic E-state index is -4.34. The van der Waals surface area contributed by atoms with Crippen molar-refractivity contribution in [2.75, 3.05) is 19.8 Å². The number of hydrogen-bond donors (Lipinski definition) is 1. The first-order valence-electron chi connectivity index (χ1n) is 9.45. The molecule has 0 saturated heterocycles. The lowest BCUT2D eigenvalue weighted by Crippen LogP contribution is -2.28. The van der Waals surface area contributed by atoms with Gasteiger partial charge >= 0.3 is 6.18 Å². The quantitative estimate of drug-likeness (QED) is 0.692. The Kier molecular flexibility index (Phi) is 6.99. The van der Waals surface area contributed by atoms with Gasteiger partial charge in [-0.15, -0.1) is 0 Å². The molecule has 2 aromatic carbocycles. The number of hydrogen-bond acceptors (Lipinski definition) is 4. The van der Waals surface area contributed by atoms with Crippen LogP contribution in [0.25, 0.3) is 6.08 Å². The van der Waals surface area contributed by atoms with E-state index in [0.717, 1.165) is 11.1 Å². The van der Waals surface area contributed by atoms with Gasteiger partial charge in [0, 0.05) is 12.1 Å². The maximum Gasteiger partial charge on any atom is 0.411 e. The number of para-hydroxylation sites is 1. The van der Waals surface area contributed by atoms with E-state index >= 15 is 0 Å². The first-order valence-corrected chi connectivity index (χ1v) is 9.45. The Bertz CT molecular complexity index is 908. The number of alkyl halides is 3. The molecule has 5 nitrogen and oxygen atoms in total. The number of halogens is 3. The molecule has 0 aliphatic carbocycles. The number of ether oxygens (including phenoxy) is 3. The predicted molar refractivity (Wildman–Crippen MR) is 105 cm³/mol. The molecule has 0 bridgehead atoms. The molecule has 1 heterocycles. The summed E-state index contributed by atoms with van der Waals surface area (Å²) in [5.41, 5.74) is 2.72. The Balaban J connectivity index is 1.54. The van der Waals surface area contributed by atoms with Crippen molar-refractivity contribution in [3.8, 4) is 11.5 Å². The zero-order valence-corrected chi connectivity index (χ0v) is 16.4. The van der Waals surface area contributed by atoms with Gasteiger partial charge in [0.1, 0.15) is 13.2 Å². The molecule has 8 heteroatoms. The average molecular weight is 421 g/mol. The number of amides is 1. The van der Waals surface area contributed by atoms with Gasteiger partial charge in [-0.05, 0) is 30.2 Å². The first kappa shape index (κ1) is 21.7. The van der Waals surface area contributed by atoms with E-state index in [1.54, 1.807) is 30.3 Å². The van der Waals surface area contributed by atoms with Crippen LogP contribution in [0.3, 0.4) is 0 Å². The van der Waals surface area contributed by atoms with Crippen LogP contribution in [-0.4, -0.2) is 31.9 Å². The predicted octanol–water partition coefficient (Wildman–Crippen LogP) is 4.26. The lowest BCUT2D eigenvalue weighted by atomic mass is 10.1. The monoisotopic (exact) mass is 421 g/mol. The minimum Gasteiger partial charge on any atom is -0.490 e. The summed E-state index contributed by atoms with van der Waals surface area (Å²) in [6.45, 7) is 1.42. The SMILES string of the molecule is CCOc1cccc2c1OCC(C(=O)NCc1ccc(COCC(F)(F)F)cc1)=C2. The lowest BCUT2D eigenvalue weighted by Gasteiger charge is -2.20. The molecule has 1 amide bonds. The number of benzene rings is 2. The second-order valence-electron chi connectivity index (χ2n) is 6.67. The van der Waals surface area contributed by atoms with E-state index in [4.69, 9.17) is 9.47 Å². The number of fused-ring (bicyclic) bond motifs is 1. The van der Waals surface area contributed by atoms with Crippen molar-refractivity contribution < 1.29 is 32.2 Å². The standard InChI is InChI=1S/C22H22F3NO4/c1-2-29-19-5-3-4-17-10-18(13-30-20(17)19)21(27)26-11-15-6-8-16(9-7-15)12-28-14-22(23,24)25/h3-10H,2,11-14H2,1H3,(H,26,27). The van der Waals surface area contributed by atoms with Gasteiger partial charge < -0.3 is 19.5 Å². The smallest absolute Gasteiger partial charge is 0.411 e. The van der Waals surface area contributed by atoms with Crippen LogP contribution in [0.1, 0.15) is 23.6 Å². The highest BCUT2D eigenvalue weighted by molar-refractivity contribution is 5.99. The summed E-state index contributed by atoms with van der Waals surface area (Å²) in [6, 6.07) is 12.3. The van der Waals surface area contributed by atoms with Gasteiger partial charge in [0.2, 0.25) is 0 Å². The summed E-state index contributed by atoms with van der Waals surface area (Å²) in [6.07, 6.45) is -2.56. The lowest BCUT2D eigenvalue weighted by molar-refractivity contribution is -0.176. The molecule has 0 radical (unpaired) electrons. The Morgan fingerprint density at radius 1 is 1.13 bits per heavy atom. The number of nitrogens with one attached hydrogen (secondary N) is 1. The first-order chi connectivity index (χ1) is 14.4. The fourth-order valence-electron chi connectivity index (χ4n) is 2.91. The van der Waals surface area contributed by atoms with Crippen molar-refractivity contribution in [3.63, 3.8) is 0 Å². The van der Waals surface area contributed by atoms with Crippen LogP contribution in [0.5, 0.6) is 11.5 Å². The van der Waals surface area contributed by atoms with Crippen molar-refractivity contribution >= 4 is 12.0 Å². The van der Waals surface area contributed by atoms with Gasteiger partial charge in [0.25, 0.3) is 5.91 Å². The molecule has 160 valence electrons. The van der Waals surface area contributed by atoms with E-state index in [0.29, 0.717) is 29.2 Å². The van der Waals surface area contributed by atoms with E-state index < -0.39 is 12.8 Å². The van der Waals surface area contributed by atoms with Crippen LogP contribution in [0.4, 0.5) is 13.2 Å². The molecule has 1 aliphatic rings. The van der Waals surface area contributed by atoms with Gasteiger partial charge in [-0.1, -0.05) is 36.4 Å². The van der Waals surface area contributed by atoms with Gasteiger partial charge in [0.15, 0.2) is 11.5 Å². The van der Waals surface area contributed by atoms with E-state index in [-0.39, 0.29) is 25.7 Å². The highest BCUT2D eigenvalue weighted by Gasteiger charge is 2.27. The maximum atomic E-state index is 12.5. The fraction of sp³-hybridized carbons (Fsp3) is 0.318. The number of carbonyl (C=O) groups excluding carboxylic acids is 1. The molecule has 0 spiro atoms. The third-order valence-corrected chi connectivity index (χ3v) is 4.31. The average Bonchev–Trinajstić information content (AvgIpc) is 2.72. The van der Waals surface area contributed by atoms with Crippen molar-refractivity contribution in [2.24, 2.45) is 0 Å². The molecule has 3 rings (SSSR count). The van der Waals surface area contributed by atoms with Crippen LogP contribution in [0, 0.1) is 0 Å². The molecule has 30 heavy (non-hydrogen) atoms. The van der Waals surface area contributed by atoms with E-state index in [9.17, 15) is 18.0 Å². The van der Waals surface area contributed by atoms with E-state index in [1.807, 2.05) is 25.1 Å². The fourth-order valence-corrected chi connectivity index (χ4v) is 2.91. The van der Waals surface area contributed by atoms with Crippen LogP contribution in [-0.2, 0) is 22.7 Å². The third kappa shape index (κ3) is 6.00. The van der Waals surface area contributed by atoms with Crippen LogP contribution >= 0.6 is 0 Å². The number of rotatable bonds is 8. The minimum absolute atomic E-state index is 0.125. The Labute approximate surface area is 172 Å². The molecule has 2 aromatic rings. The van der Waals surface area contributed by atoms with E-state index in [1.165, 1.54) is 0 Å². The summed E-state index contributed by atoms with van der Waals surface area (Å²) in [5.74, 6) is 1.02. The molecule has 0 unspecified atom stereocenters. The molecular weight excluding hydrogens is 399 g/mol. The normalized spacial score (nSPS) is 13.1. The van der Waals surface area contributed by atoms with Crippen molar-refractivity contribution in [1.29, 1.82) is 0 Å². The van der Waals surface area contributed by atoms with Gasteiger partial charge in [-0.2, -0.15) is 13.2 Å². The Morgan fingerprint density at radius 3 is 2.57 bits per heavy atom. The van der Waals surface area contributed by atoms with Crippen molar-refractivity contribution in [1.82, 2.24) is 5.32 Å². The maximum absolute atomic E-state index is 12.5. The Morgan fingerprint density at radius 2 is 1.87 bits per heavy atom. The second-order valence-corrected chi connectivity index (χ2v) is 6.67. The molecule has 0 fully saturated rings. The molecule has 1 N–H and O–H groups in total. The van der Waals surface area contributed by atoms with Crippen LogP contribution < -0.4 is 14.8 Å². The van der Waals surface area contributed by atoms with Crippen LogP contribution in [0.15, 0.2) is 48.0 Å². The molecule has 0 atom stereocenters. The molecular formula is C22H22F3NO4. The second kappa shape index (κ2) is 9.67. The topological polar surface area (TPSA) is 56.8 Å². The zero-order chi connectivity index (χ0) is 21.6. The Hall–Kier alpha value is -3.00. The highest BCUT2D eigenvalue weighted by Crippen LogP contribution is 2.35. The molecule has 0 aromatic heterocycles. The zero-order valence-electron chi connectivity index (χ0n) is 16.4. The van der Waals surface area contributed by atoms with E-state index in [2.05, 4.69) is 10.1 Å².